The lowest BCUT2D eigenvalue weighted by atomic mass is 10.2. The summed E-state index contributed by atoms with van der Waals surface area (Å²) >= 11 is 0. The zero-order chi connectivity index (χ0) is 18.5. The van der Waals surface area contributed by atoms with Crippen LogP contribution in [0, 0.1) is 12.7 Å². The summed E-state index contributed by atoms with van der Waals surface area (Å²) in [5, 5.41) is 10.7. The number of nitrogens with one attached hydrogen (secondary N) is 2. The molecule has 0 aliphatic rings. The average Bonchev–Trinajstić information content (AvgIpc) is 2.90. The summed E-state index contributed by atoms with van der Waals surface area (Å²) < 4.78 is 20.0. The normalized spacial score (nSPS) is 10.7. The largest absolute Gasteiger partial charge is 0.494 e. The molecule has 0 saturated carbocycles. The topological polar surface area (TPSA) is 81.1 Å². The number of halogens is 1. The number of urea groups is 1. The number of carbonyl (C=O) groups excluding carboxylic acids is 1. The molecule has 8 heteroatoms. The van der Waals surface area contributed by atoms with Gasteiger partial charge < -0.3 is 15.4 Å². The van der Waals surface area contributed by atoms with Crippen molar-refractivity contribution in [2.75, 3.05) is 18.5 Å². The zero-order valence-corrected chi connectivity index (χ0v) is 14.6. The maximum absolute atomic E-state index is 12.8. The highest BCUT2D eigenvalue weighted by molar-refractivity contribution is 5.91. The Bertz CT molecular complexity index is 908. The van der Waals surface area contributed by atoms with Gasteiger partial charge in [0, 0.05) is 19.0 Å². The van der Waals surface area contributed by atoms with E-state index in [9.17, 15) is 9.18 Å². The van der Waals surface area contributed by atoms with Gasteiger partial charge in [-0.2, -0.15) is 5.10 Å². The quantitative estimate of drug-likeness (QED) is 0.665. The molecule has 7 nitrogen and oxygen atoms in total. The molecule has 0 spiro atoms. The van der Waals surface area contributed by atoms with Gasteiger partial charge in [-0.3, -0.25) is 4.68 Å². The number of rotatable bonds is 6. The minimum atomic E-state index is -0.311. The van der Waals surface area contributed by atoms with Gasteiger partial charge >= 0.3 is 6.03 Å². The van der Waals surface area contributed by atoms with Crippen molar-refractivity contribution in [1.29, 1.82) is 0 Å². The van der Waals surface area contributed by atoms with Gasteiger partial charge in [-0.1, -0.05) is 0 Å². The molecule has 0 bridgehead atoms. The number of aromatic nitrogens is 3. The van der Waals surface area contributed by atoms with Crippen molar-refractivity contribution in [2.24, 2.45) is 7.05 Å². The molecule has 2 heterocycles. The van der Waals surface area contributed by atoms with E-state index in [0.29, 0.717) is 31.0 Å². The minimum absolute atomic E-state index is 0.301. The van der Waals surface area contributed by atoms with Gasteiger partial charge in [-0.25, -0.2) is 14.2 Å². The van der Waals surface area contributed by atoms with Crippen LogP contribution in [0.2, 0.25) is 0 Å². The molecule has 3 rings (SSSR count). The number of pyridine rings is 1. The number of hydrogen-bond acceptors (Lipinski definition) is 4. The number of ether oxygens (including phenoxy) is 1. The number of carbonyl (C=O) groups is 1. The van der Waals surface area contributed by atoms with Gasteiger partial charge in [0.15, 0.2) is 5.65 Å². The van der Waals surface area contributed by atoms with Crippen LogP contribution in [-0.2, 0) is 7.05 Å². The maximum atomic E-state index is 12.8. The lowest BCUT2D eigenvalue weighted by molar-refractivity contribution is 0.250. The summed E-state index contributed by atoms with van der Waals surface area (Å²) in [5.41, 5.74) is 2.23. The van der Waals surface area contributed by atoms with Crippen molar-refractivity contribution in [3.8, 4) is 5.75 Å². The highest BCUT2D eigenvalue weighted by Gasteiger charge is 2.08. The van der Waals surface area contributed by atoms with Gasteiger partial charge in [-0.15, -0.1) is 0 Å². The molecule has 0 fully saturated rings. The Hall–Kier alpha value is -3.16. The van der Waals surface area contributed by atoms with Crippen LogP contribution < -0.4 is 15.4 Å². The first-order chi connectivity index (χ1) is 12.5. The predicted molar refractivity (Wildman–Crippen MR) is 96.8 cm³/mol. The molecule has 136 valence electrons. The molecular weight excluding hydrogens is 337 g/mol. The van der Waals surface area contributed by atoms with Crippen LogP contribution >= 0.6 is 0 Å². The van der Waals surface area contributed by atoms with Crippen molar-refractivity contribution < 1.29 is 13.9 Å². The first-order valence-electron chi connectivity index (χ1n) is 8.25. The summed E-state index contributed by atoms with van der Waals surface area (Å²) in [6.07, 6.45) is 2.23. The molecular formula is C18H20FN5O2. The number of amides is 2. The lowest BCUT2D eigenvalue weighted by Crippen LogP contribution is -2.30. The minimum Gasteiger partial charge on any atom is -0.494 e. The Morgan fingerprint density at radius 1 is 1.31 bits per heavy atom. The molecule has 0 atom stereocenters. The standard InChI is InChI=1S/C18H20FN5O2/c1-12-16-10-14(11-21-17(16)24(2)23-12)22-18(25)20-8-3-9-26-15-6-4-13(19)5-7-15/h4-7,10-11H,3,8-9H2,1-2H3,(H2,20,22,25). The summed E-state index contributed by atoms with van der Waals surface area (Å²) in [4.78, 5) is 16.3. The molecule has 1 aromatic carbocycles. The van der Waals surface area contributed by atoms with Gasteiger partial charge in [0.2, 0.25) is 0 Å². The Morgan fingerprint density at radius 2 is 2.08 bits per heavy atom. The van der Waals surface area contributed by atoms with Crippen LogP contribution in [0.25, 0.3) is 11.0 Å². The molecule has 0 unspecified atom stereocenters. The molecule has 0 saturated heterocycles. The van der Waals surface area contributed by atoms with E-state index in [-0.39, 0.29) is 11.8 Å². The lowest BCUT2D eigenvalue weighted by Gasteiger charge is -2.09. The average molecular weight is 357 g/mol. The van der Waals surface area contributed by atoms with E-state index < -0.39 is 0 Å². The van der Waals surface area contributed by atoms with E-state index in [1.54, 1.807) is 23.0 Å². The summed E-state index contributed by atoms with van der Waals surface area (Å²) in [6, 6.07) is 7.36. The Morgan fingerprint density at radius 3 is 2.85 bits per heavy atom. The number of aryl methyl sites for hydroxylation is 2. The zero-order valence-electron chi connectivity index (χ0n) is 14.6. The Kier molecular flexibility index (Phi) is 5.31. The van der Waals surface area contributed by atoms with Gasteiger partial charge in [-0.05, 0) is 43.7 Å². The second kappa shape index (κ2) is 7.81. The first-order valence-corrected chi connectivity index (χ1v) is 8.25. The fourth-order valence-electron chi connectivity index (χ4n) is 2.55. The van der Waals surface area contributed by atoms with E-state index in [2.05, 4.69) is 20.7 Å². The highest BCUT2D eigenvalue weighted by atomic mass is 19.1. The van der Waals surface area contributed by atoms with E-state index in [1.165, 1.54) is 12.1 Å². The molecule has 2 amide bonds. The van der Waals surface area contributed by atoms with Crippen LogP contribution in [0.1, 0.15) is 12.1 Å². The van der Waals surface area contributed by atoms with E-state index in [0.717, 1.165) is 16.7 Å². The van der Waals surface area contributed by atoms with Gasteiger partial charge in [0.25, 0.3) is 0 Å². The van der Waals surface area contributed by atoms with Crippen molar-refractivity contribution in [2.45, 2.75) is 13.3 Å². The van der Waals surface area contributed by atoms with E-state index in [4.69, 9.17) is 4.74 Å². The van der Waals surface area contributed by atoms with Crippen LogP contribution in [0.5, 0.6) is 5.75 Å². The number of hydrogen-bond donors (Lipinski definition) is 2. The molecule has 2 N–H and O–H groups in total. The van der Waals surface area contributed by atoms with E-state index in [1.807, 2.05) is 20.0 Å². The molecule has 0 aliphatic carbocycles. The molecule has 0 aliphatic heterocycles. The fraction of sp³-hybridized carbons (Fsp3) is 0.278. The fourth-order valence-corrected chi connectivity index (χ4v) is 2.55. The van der Waals surface area contributed by atoms with Crippen LogP contribution in [0.15, 0.2) is 36.5 Å². The van der Waals surface area contributed by atoms with Gasteiger partial charge in [0.1, 0.15) is 11.6 Å². The van der Waals surface area contributed by atoms with Gasteiger partial charge in [0.05, 0.1) is 24.2 Å². The molecule has 3 aromatic rings. The monoisotopic (exact) mass is 357 g/mol. The third-order valence-electron chi connectivity index (χ3n) is 3.81. The maximum Gasteiger partial charge on any atom is 0.319 e. The highest BCUT2D eigenvalue weighted by Crippen LogP contribution is 2.19. The van der Waals surface area contributed by atoms with Crippen molar-refractivity contribution in [1.82, 2.24) is 20.1 Å². The number of nitrogens with zero attached hydrogens (tertiary/aromatic N) is 3. The van der Waals surface area contributed by atoms with Crippen molar-refractivity contribution in [3.05, 3.63) is 48.0 Å². The van der Waals surface area contributed by atoms with E-state index >= 15 is 0 Å². The second-order valence-corrected chi connectivity index (χ2v) is 5.84. The van der Waals surface area contributed by atoms with Crippen LogP contribution in [0.4, 0.5) is 14.9 Å². The first kappa shape index (κ1) is 17.7. The predicted octanol–water partition coefficient (Wildman–Crippen LogP) is 3.01. The van der Waals surface area contributed by atoms with Crippen molar-refractivity contribution in [3.63, 3.8) is 0 Å². The SMILES string of the molecule is Cc1nn(C)c2ncc(NC(=O)NCCCOc3ccc(F)cc3)cc12. The van der Waals surface area contributed by atoms with Crippen molar-refractivity contribution >= 4 is 22.8 Å². The smallest absolute Gasteiger partial charge is 0.319 e. The Labute approximate surface area is 150 Å². The van der Waals surface area contributed by atoms with Crippen LogP contribution in [0.3, 0.4) is 0 Å². The summed E-state index contributed by atoms with van der Waals surface area (Å²) in [5.74, 6) is 0.298. The Balaban J connectivity index is 1.42. The second-order valence-electron chi connectivity index (χ2n) is 5.84. The number of anilines is 1. The number of fused-ring (bicyclic) bond motifs is 1. The van der Waals surface area contributed by atoms with Crippen LogP contribution in [-0.4, -0.2) is 33.9 Å². The summed E-state index contributed by atoms with van der Waals surface area (Å²) in [6.45, 7) is 2.78. The number of benzene rings is 1. The third kappa shape index (κ3) is 4.27. The molecule has 26 heavy (non-hydrogen) atoms. The molecule has 0 radical (unpaired) electrons. The summed E-state index contributed by atoms with van der Waals surface area (Å²) in [7, 11) is 1.83. The third-order valence-corrected chi connectivity index (χ3v) is 3.81. The molecule has 2 aromatic heterocycles.